The van der Waals surface area contributed by atoms with Crippen LogP contribution in [-0.2, 0) is 6.42 Å². The summed E-state index contributed by atoms with van der Waals surface area (Å²) in [6.45, 7) is 0. The van der Waals surface area contributed by atoms with Gasteiger partial charge in [-0.15, -0.1) is 0 Å². The summed E-state index contributed by atoms with van der Waals surface area (Å²) in [6.07, 6.45) is 2.91. The normalized spacial score (nSPS) is 12.3. The molecule has 100 valence electrons. The Kier molecular flexibility index (Phi) is 5.01. The highest BCUT2D eigenvalue weighted by Crippen LogP contribution is 2.21. The number of benzene rings is 1. The molecule has 19 heavy (non-hydrogen) atoms. The van der Waals surface area contributed by atoms with Crippen LogP contribution in [0.3, 0.4) is 0 Å². The Balaban J connectivity index is 2.03. The van der Waals surface area contributed by atoms with Crippen molar-refractivity contribution in [3.05, 3.63) is 63.3 Å². The molecular formula is C13H14ClN3OS. The maximum absolute atomic E-state index is 11.2. The third-order valence-electron chi connectivity index (χ3n) is 2.85. The molecule has 1 heterocycles. The number of H-pyrrole nitrogens is 1. The monoisotopic (exact) mass is 295 g/mol. The molecule has 0 bridgehead atoms. The van der Waals surface area contributed by atoms with Gasteiger partial charge in [0, 0.05) is 22.8 Å². The molecule has 0 aliphatic carbocycles. The van der Waals surface area contributed by atoms with Crippen LogP contribution in [0.25, 0.3) is 0 Å². The number of hydrogen-bond donors (Lipinski definition) is 3. The zero-order valence-electron chi connectivity index (χ0n) is 10.1. The van der Waals surface area contributed by atoms with Gasteiger partial charge in [-0.2, -0.15) is 0 Å². The lowest BCUT2D eigenvalue weighted by Crippen LogP contribution is -2.14. The Morgan fingerprint density at radius 1 is 1.37 bits per heavy atom. The summed E-state index contributed by atoms with van der Waals surface area (Å²) in [7, 11) is 0. The van der Waals surface area contributed by atoms with E-state index in [9.17, 15) is 4.79 Å². The molecule has 0 fully saturated rings. The minimum absolute atomic E-state index is 0.0849. The number of nitrogens with zero attached hydrogens (tertiary/aromatic N) is 1. The van der Waals surface area contributed by atoms with E-state index in [4.69, 9.17) is 11.6 Å². The Hall–Kier alpha value is -1.30. The van der Waals surface area contributed by atoms with Gasteiger partial charge < -0.3 is 4.98 Å². The number of rotatable bonds is 5. The van der Waals surface area contributed by atoms with Gasteiger partial charge in [0.2, 0.25) is 0 Å². The molecular weight excluding hydrogens is 282 g/mol. The lowest BCUT2D eigenvalue weighted by Gasteiger charge is -2.15. The molecule has 2 N–H and O–H groups in total. The predicted molar refractivity (Wildman–Crippen MR) is 79.5 cm³/mol. The van der Waals surface area contributed by atoms with Crippen LogP contribution >= 0.6 is 24.4 Å². The van der Waals surface area contributed by atoms with Crippen molar-refractivity contribution in [1.82, 2.24) is 14.7 Å². The summed E-state index contributed by atoms with van der Waals surface area (Å²) in [5, 5.41) is 0.706. The smallest absolute Gasteiger partial charge is 0.250 e. The molecule has 1 atom stereocenters. The van der Waals surface area contributed by atoms with Crippen molar-refractivity contribution in [3.63, 3.8) is 0 Å². The molecule has 2 aromatic rings. The van der Waals surface area contributed by atoms with E-state index in [1.807, 2.05) is 24.3 Å². The molecule has 4 nitrogen and oxygen atoms in total. The SMILES string of the molecule is O=c1cc(CCC(NS)c2ccc(Cl)cc2)nc[nH]1. The van der Waals surface area contributed by atoms with Crippen LogP contribution in [-0.4, -0.2) is 9.97 Å². The van der Waals surface area contributed by atoms with Crippen LogP contribution in [0, 0.1) is 0 Å². The van der Waals surface area contributed by atoms with Crippen LogP contribution in [0.2, 0.25) is 5.02 Å². The molecule has 0 radical (unpaired) electrons. The van der Waals surface area contributed by atoms with Crippen LogP contribution in [0.1, 0.15) is 23.7 Å². The van der Waals surface area contributed by atoms with Gasteiger partial charge in [-0.25, -0.2) is 4.98 Å². The maximum atomic E-state index is 11.2. The van der Waals surface area contributed by atoms with E-state index in [1.54, 1.807) is 0 Å². The average Bonchev–Trinajstić information content (AvgIpc) is 2.41. The van der Waals surface area contributed by atoms with Gasteiger partial charge in [0.05, 0.1) is 6.33 Å². The van der Waals surface area contributed by atoms with Crippen molar-refractivity contribution in [1.29, 1.82) is 0 Å². The molecule has 2 rings (SSSR count). The largest absolute Gasteiger partial charge is 0.313 e. The number of aryl methyl sites for hydroxylation is 1. The summed E-state index contributed by atoms with van der Waals surface area (Å²) in [6, 6.07) is 9.21. The van der Waals surface area contributed by atoms with Gasteiger partial charge in [-0.1, -0.05) is 36.5 Å². The maximum Gasteiger partial charge on any atom is 0.250 e. The molecule has 6 heteroatoms. The summed E-state index contributed by atoms with van der Waals surface area (Å²) in [4.78, 5) is 17.8. The topological polar surface area (TPSA) is 57.8 Å². The highest BCUT2D eigenvalue weighted by atomic mass is 35.5. The average molecular weight is 296 g/mol. The van der Waals surface area contributed by atoms with Crippen LogP contribution in [0.4, 0.5) is 0 Å². The van der Waals surface area contributed by atoms with Crippen LogP contribution < -0.4 is 10.3 Å². The Bertz CT molecular complexity index is 585. The molecule has 0 aliphatic rings. The van der Waals surface area contributed by atoms with E-state index in [1.165, 1.54) is 12.4 Å². The summed E-state index contributed by atoms with van der Waals surface area (Å²) < 4.78 is 2.96. The Labute approximate surface area is 121 Å². The van der Waals surface area contributed by atoms with Gasteiger partial charge in [0.15, 0.2) is 0 Å². The number of aromatic amines is 1. The van der Waals surface area contributed by atoms with Gasteiger partial charge in [-0.05, 0) is 30.5 Å². The number of halogens is 1. The summed E-state index contributed by atoms with van der Waals surface area (Å²) in [5.41, 5.74) is 1.74. The third-order valence-corrected chi connectivity index (χ3v) is 3.42. The minimum Gasteiger partial charge on any atom is -0.313 e. The van der Waals surface area contributed by atoms with Crippen molar-refractivity contribution in [3.8, 4) is 0 Å². The first-order chi connectivity index (χ1) is 9.19. The van der Waals surface area contributed by atoms with Crippen molar-refractivity contribution in [2.24, 2.45) is 0 Å². The fourth-order valence-corrected chi connectivity index (χ4v) is 2.24. The Morgan fingerprint density at radius 2 is 2.11 bits per heavy atom. The van der Waals surface area contributed by atoms with Gasteiger partial charge in [-0.3, -0.25) is 9.52 Å². The lowest BCUT2D eigenvalue weighted by molar-refractivity contribution is 0.609. The van der Waals surface area contributed by atoms with Crippen molar-refractivity contribution >= 4 is 24.4 Å². The quantitative estimate of drug-likeness (QED) is 0.743. The highest BCUT2D eigenvalue weighted by Gasteiger charge is 2.10. The van der Waals surface area contributed by atoms with Crippen LogP contribution in [0.5, 0.6) is 0 Å². The van der Waals surface area contributed by atoms with Crippen LogP contribution in [0.15, 0.2) is 41.5 Å². The van der Waals surface area contributed by atoms with E-state index in [0.717, 1.165) is 17.7 Å². The second-order valence-electron chi connectivity index (χ2n) is 4.17. The minimum atomic E-state index is -0.133. The van der Waals surface area contributed by atoms with Crippen molar-refractivity contribution < 1.29 is 0 Å². The van der Waals surface area contributed by atoms with E-state index in [0.29, 0.717) is 11.4 Å². The van der Waals surface area contributed by atoms with Crippen molar-refractivity contribution in [2.45, 2.75) is 18.9 Å². The zero-order valence-corrected chi connectivity index (χ0v) is 11.8. The third kappa shape index (κ3) is 4.09. The number of nitrogens with one attached hydrogen (secondary N) is 2. The number of aromatic nitrogens is 2. The molecule has 1 unspecified atom stereocenters. The predicted octanol–water partition coefficient (Wildman–Crippen LogP) is 2.53. The standard InChI is InChI=1S/C13H14ClN3OS/c14-10-3-1-9(2-4-10)12(17-19)6-5-11-7-13(18)16-8-15-11/h1-4,7-8,12,17,19H,5-6H2,(H,15,16,18). The van der Waals surface area contributed by atoms with Crippen molar-refractivity contribution in [2.75, 3.05) is 0 Å². The molecule has 0 amide bonds. The first-order valence-electron chi connectivity index (χ1n) is 5.88. The first-order valence-corrected chi connectivity index (χ1v) is 6.70. The van der Waals surface area contributed by atoms with E-state index in [-0.39, 0.29) is 11.6 Å². The molecule has 1 aromatic heterocycles. The second kappa shape index (κ2) is 6.75. The number of hydrogen-bond acceptors (Lipinski definition) is 4. The van der Waals surface area contributed by atoms with E-state index < -0.39 is 0 Å². The highest BCUT2D eigenvalue weighted by molar-refractivity contribution is 7.78. The molecule has 0 saturated carbocycles. The summed E-state index contributed by atoms with van der Waals surface area (Å²) in [5.74, 6) is 0. The van der Waals surface area contributed by atoms with Gasteiger partial charge >= 0.3 is 0 Å². The second-order valence-corrected chi connectivity index (χ2v) is 4.87. The molecule has 0 saturated heterocycles. The molecule has 0 aliphatic heterocycles. The molecule has 1 aromatic carbocycles. The molecule has 0 spiro atoms. The van der Waals surface area contributed by atoms with Gasteiger partial charge in [0.1, 0.15) is 0 Å². The van der Waals surface area contributed by atoms with Gasteiger partial charge in [0.25, 0.3) is 5.56 Å². The van der Waals surface area contributed by atoms with E-state index in [2.05, 4.69) is 27.5 Å². The lowest BCUT2D eigenvalue weighted by atomic mass is 10.0. The first kappa shape index (κ1) is 14.1. The Morgan fingerprint density at radius 3 is 2.74 bits per heavy atom. The fourth-order valence-electron chi connectivity index (χ4n) is 1.84. The number of thiol groups is 1. The fraction of sp³-hybridized carbons (Fsp3) is 0.231. The zero-order chi connectivity index (χ0) is 13.7. The summed E-state index contributed by atoms with van der Waals surface area (Å²) >= 11 is 10.0. The van der Waals surface area contributed by atoms with E-state index >= 15 is 0 Å².